The minimum Gasteiger partial charge on any atom is -0.303 e. The van der Waals surface area contributed by atoms with Crippen LogP contribution in [0.15, 0.2) is 60.7 Å². The lowest BCUT2D eigenvalue weighted by atomic mass is 9.76. The summed E-state index contributed by atoms with van der Waals surface area (Å²) in [5.74, 6) is 3.37. The Morgan fingerprint density at radius 2 is 1.59 bits per heavy atom. The summed E-state index contributed by atoms with van der Waals surface area (Å²) in [6.45, 7) is 6.00. The number of rotatable bonds is 8. The predicted octanol–water partition coefficient (Wildman–Crippen LogP) is 4.91. The second-order valence-corrected chi connectivity index (χ2v) is 7.09. The van der Waals surface area contributed by atoms with Gasteiger partial charge in [-0.1, -0.05) is 73.5 Å². The second kappa shape index (κ2) is 13.9. The molecule has 1 N–H and O–H groups in total. The van der Waals surface area contributed by atoms with E-state index in [1.807, 2.05) is 0 Å². The third kappa shape index (κ3) is 7.98. The zero-order valence-electron chi connectivity index (χ0n) is 17.1. The molecule has 0 unspecified atom stereocenters. The van der Waals surface area contributed by atoms with Gasteiger partial charge in [-0.3, -0.25) is 0 Å². The van der Waals surface area contributed by atoms with Crippen LogP contribution in [0.3, 0.4) is 0 Å². The summed E-state index contributed by atoms with van der Waals surface area (Å²) >= 11 is 0. The highest BCUT2D eigenvalue weighted by Gasteiger charge is 2.28. The van der Waals surface area contributed by atoms with Gasteiger partial charge >= 0.3 is 0 Å². The summed E-state index contributed by atoms with van der Waals surface area (Å²) in [5, 5.41) is 13.9. The maximum atomic E-state index is 7.38. The molecule has 1 aliphatic rings. The van der Waals surface area contributed by atoms with Crippen LogP contribution in [0.4, 0.5) is 0 Å². The van der Waals surface area contributed by atoms with Gasteiger partial charge in [-0.25, -0.2) is 5.26 Å². The average Bonchev–Trinajstić information content (AvgIpc) is 2.78. The fourth-order valence-electron chi connectivity index (χ4n) is 3.96. The summed E-state index contributed by atoms with van der Waals surface area (Å²) in [5.41, 5.74) is 2.95. The van der Waals surface area contributed by atoms with E-state index in [0.717, 1.165) is 5.92 Å². The van der Waals surface area contributed by atoms with Gasteiger partial charge in [-0.05, 0) is 66.0 Å². The average molecular weight is 398 g/mol. The molecule has 1 heterocycles. The van der Waals surface area contributed by atoms with Crippen LogP contribution in [0.5, 0.6) is 0 Å². The minimum atomic E-state index is -0.0550. The highest BCUT2D eigenvalue weighted by molar-refractivity contribution is 5.33. The Morgan fingerprint density at radius 1 is 1.03 bits per heavy atom. The van der Waals surface area contributed by atoms with Gasteiger partial charge in [0, 0.05) is 5.92 Å². The van der Waals surface area contributed by atoms with Crippen LogP contribution in [0.25, 0.3) is 0 Å². The number of hydrogen-bond donors (Lipinski definition) is 1. The van der Waals surface area contributed by atoms with Gasteiger partial charge in [-0.2, -0.15) is 4.89 Å². The van der Waals surface area contributed by atoms with Crippen molar-refractivity contribution >= 4 is 0 Å². The molecule has 156 valence electrons. The van der Waals surface area contributed by atoms with Crippen LogP contribution >= 0.6 is 0 Å². The molecule has 0 atom stereocenters. The van der Waals surface area contributed by atoms with Crippen molar-refractivity contribution in [2.75, 3.05) is 26.2 Å². The monoisotopic (exact) mass is 397 g/mol. The Bertz CT molecular complexity index is 654. The van der Waals surface area contributed by atoms with E-state index in [1.165, 1.54) is 50.0 Å². The van der Waals surface area contributed by atoms with Gasteiger partial charge < -0.3 is 4.90 Å². The summed E-state index contributed by atoms with van der Waals surface area (Å²) in [6.07, 6.45) is 8.57. The molecule has 0 bridgehead atoms. The molecule has 1 fully saturated rings. The number of likely N-dealkylation sites (tertiary alicyclic amines) is 1. The quantitative estimate of drug-likeness (QED) is 0.297. The van der Waals surface area contributed by atoms with E-state index >= 15 is 0 Å². The first-order chi connectivity index (χ1) is 14.3. The molecule has 29 heavy (non-hydrogen) atoms. The van der Waals surface area contributed by atoms with E-state index in [0.29, 0.717) is 5.92 Å². The van der Waals surface area contributed by atoms with Crippen molar-refractivity contribution in [2.45, 2.75) is 32.1 Å². The van der Waals surface area contributed by atoms with E-state index in [9.17, 15) is 0 Å². The number of terminal acetylenes is 1. The van der Waals surface area contributed by atoms with Crippen LogP contribution < -0.4 is 0 Å². The zero-order valence-corrected chi connectivity index (χ0v) is 17.1. The van der Waals surface area contributed by atoms with Gasteiger partial charge in [0.15, 0.2) is 0 Å². The second-order valence-electron chi connectivity index (χ2n) is 7.09. The van der Waals surface area contributed by atoms with Gasteiger partial charge in [0.2, 0.25) is 0 Å². The molecule has 2 aromatic rings. The smallest absolute Gasteiger partial charge is 0.146 e. The molecule has 1 saturated heterocycles. The SMILES string of the molecule is C#CCOOOO.CCCN1CCC(C(c2ccccc2)c2ccccc2)CC1. The minimum absolute atomic E-state index is 0.0550. The Labute approximate surface area is 174 Å². The van der Waals surface area contributed by atoms with Crippen LogP contribution in [-0.4, -0.2) is 36.4 Å². The van der Waals surface area contributed by atoms with Crippen LogP contribution in [0.2, 0.25) is 0 Å². The standard InChI is InChI=1S/C21H27N.C3H4O4/c1-2-15-22-16-13-20(14-17-22)21(18-9-5-3-6-10-18)19-11-7-4-8-12-19;1-2-3-5-7-6-4/h3-12,20-21H,2,13-17H2,1H3;1,4H,3H2. The molecule has 1 aliphatic heterocycles. The topological polar surface area (TPSA) is 51.2 Å². The zero-order chi connectivity index (χ0) is 20.7. The van der Waals surface area contributed by atoms with Crippen LogP contribution in [-0.2, 0) is 15.0 Å². The third-order valence-electron chi connectivity index (χ3n) is 5.18. The van der Waals surface area contributed by atoms with Crippen molar-refractivity contribution in [2.24, 2.45) is 5.92 Å². The van der Waals surface area contributed by atoms with Gasteiger partial charge in [0.1, 0.15) is 6.61 Å². The lowest BCUT2D eigenvalue weighted by molar-refractivity contribution is -0.620. The molecular formula is C24H31NO4. The molecule has 0 radical (unpaired) electrons. The van der Waals surface area contributed by atoms with E-state index in [-0.39, 0.29) is 6.61 Å². The molecule has 2 aromatic carbocycles. The maximum Gasteiger partial charge on any atom is 0.146 e. The third-order valence-corrected chi connectivity index (χ3v) is 5.18. The lowest BCUT2D eigenvalue weighted by Crippen LogP contribution is -2.36. The van der Waals surface area contributed by atoms with Gasteiger partial charge in [-0.15, -0.1) is 6.42 Å². The molecule has 0 aromatic heterocycles. The summed E-state index contributed by atoms with van der Waals surface area (Å²) in [6, 6.07) is 22.2. The first-order valence-electron chi connectivity index (χ1n) is 10.2. The lowest BCUT2D eigenvalue weighted by Gasteiger charge is -2.36. The highest BCUT2D eigenvalue weighted by Crippen LogP contribution is 2.37. The van der Waals surface area contributed by atoms with E-state index < -0.39 is 0 Å². The maximum absolute atomic E-state index is 7.38. The van der Waals surface area contributed by atoms with Gasteiger partial charge in [0.05, 0.1) is 0 Å². The van der Waals surface area contributed by atoms with E-state index in [2.05, 4.69) is 99.8 Å². The fourth-order valence-corrected chi connectivity index (χ4v) is 3.96. The molecule has 0 saturated carbocycles. The molecule has 0 aliphatic carbocycles. The van der Waals surface area contributed by atoms with Crippen molar-refractivity contribution in [1.82, 2.24) is 4.90 Å². The number of benzene rings is 2. The summed E-state index contributed by atoms with van der Waals surface area (Å²) in [4.78, 5) is 6.55. The van der Waals surface area contributed by atoms with Crippen molar-refractivity contribution in [3.8, 4) is 12.3 Å². The van der Waals surface area contributed by atoms with Crippen LogP contribution in [0, 0.1) is 18.3 Å². The Kier molecular flexibility index (Phi) is 11.1. The Balaban J connectivity index is 0.000000370. The Morgan fingerprint density at radius 3 is 2.03 bits per heavy atom. The Hall–Kier alpha value is -2.20. The van der Waals surface area contributed by atoms with Crippen molar-refractivity contribution in [3.63, 3.8) is 0 Å². The highest BCUT2D eigenvalue weighted by atomic mass is 17.6. The fraction of sp³-hybridized carbons (Fsp3) is 0.417. The molecular weight excluding hydrogens is 366 g/mol. The van der Waals surface area contributed by atoms with Crippen LogP contribution in [0.1, 0.15) is 43.2 Å². The first kappa shape index (κ1) is 23.1. The number of piperidine rings is 1. The first-order valence-corrected chi connectivity index (χ1v) is 10.2. The van der Waals surface area contributed by atoms with E-state index in [1.54, 1.807) is 0 Å². The van der Waals surface area contributed by atoms with Crippen molar-refractivity contribution < 1.29 is 20.2 Å². The van der Waals surface area contributed by atoms with Crippen molar-refractivity contribution in [1.29, 1.82) is 0 Å². The summed E-state index contributed by atoms with van der Waals surface area (Å²) < 4.78 is 0. The molecule has 5 heteroatoms. The van der Waals surface area contributed by atoms with Gasteiger partial charge in [0.25, 0.3) is 0 Å². The predicted molar refractivity (Wildman–Crippen MR) is 114 cm³/mol. The number of nitrogens with zero attached hydrogens (tertiary/aromatic N) is 1. The molecule has 0 spiro atoms. The molecule has 3 rings (SSSR count). The van der Waals surface area contributed by atoms with E-state index in [4.69, 9.17) is 5.26 Å². The molecule has 5 nitrogen and oxygen atoms in total. The summed E-state index contributed by atoms with van der Waals surface area (Å²) in [7, 11) is 0. The van der Waals surface area contributed by atoms with Crippen molar-refractivity contribution in [3.05, 3.63) is 71.8 Å². The molecule has 0 amide bonds. The number of hydrogen-bond acceptors (Lipinski definition) is 5. The largest absolute Gasteiger partial charge is 0.303 e. The normalized spacial score (nSPS) is 14.8.